The van der Waals surface area contributed by atoms with Gasteiger partial charge in [0, 0.05) is 0 Å². The number of rotatable bonds is 2. The summed E-state index contributed by atoms with van der Waals surface area (Å²) in [4.78, 5) is 27.7. The molecule has 0 saturated heterocycles. The SMILES string of the molecule is C[C@H]1C=CCC(C(=O)ON)[C@H]1NC(=O)OC(C)(C)C. The van der Waals surface area contributed by atoms with Crippen molar-refractivity contribution in [3.8, 4) is 0 Å². The molecule has 1 rings (SSSR count). The Balaban J connectivity index is 2.74. The first kappa shape index (κ1) is 15.5. The quantitative estimate of drug-likeness (QED) is 0.586. The van der Waals surface area contributed by atoms with Crippen molar-refractivity contribution in [1.82, 2.24) is 5.32 Å². The number of hydrogen-bond acceptors (Lipinski definition) is 5. The summed E-state index contributed by atoms with van der Waals surface area (Å²) in [5.74, 6) is 3.91. The smallest absolute Gasteiger partial charge is 0.407 e. The molecular formula is C13H22N2O4. The molecule has 0 spiro atoms. The van der Waals surface area contributed by atoms with Crippen LogP contribution in [-0.4, -0.2) is 23.7 Å². The van der Waals surface area contributed by atoms with Crippen molar-refractivity contribution in [3.05, 3.63) is 12.2 Å². The Morgan fingerprint density at radius 3 is 2.53 bits per heavy atom. The number of amides is 1. The molecule has 0 radical (unpaired) electrons. The maximum absolute atomic E-state index is 11.8. The molecule has 1 unspecified atom stereocenters. The minimum absolute atomic E-state index is 0.00497. The third-order valence-electron chi connectivity index (χ3n) is 2.93. The monoisotopic (exact) mass is 270 g/mol. The van der Waals surface area contributed by atoms with Crippen LogP contribution in [0.5, 0.6) is 0 Å². The van der Waals surface area contributed by atoms with Crippen molar-refractivity contribution < 1.29 is 19.2 Å². The van der Waals surface area contributed by atoms with Crippen LogP contribution in [0.25, 0.3) is 0 Å². The molecule has 0 aliphatic heterocycles. The summed E-state index contributed by atoms with van der Waals surface area (Å²) in [6, 6.07) is -0.379. The van der Waals surface area contributed by atoms with Crippen molar-refractivity contribution in [2.24, 2.45) is 17.7 Å². The van der Waals surface area contributed by atoms with Gasteiger partial charge < -0.3 is 14.9 Å². The van der Waals surface area contributed by atoms with Crippen LogP contribution < -0.4 is 11.2 Å². The van der Waals surface area contributed by atoms with E-state index in [0.29, 0.717) is 6.42 Å². The summed E-state index contributed by atoms with van der Waals surface area (Å²) in [5.41, 5.74) is -0.582. The Labute approximate surface area is 113 Å². The van der Waals surface area contributed by atoms with Crippen molar-refractivity contribution >= 4 is 12.1 Å². The van der Waals surface area contributed by atoms with E-state index in [-0.39, 0.29) is 12.0 Å². The average molecular weight is 270 g/mol. The lowest BCUT2D eigenvalue weighted by molar-refractivity contribution is -0.150. The van der Waals surface area contributed by atoms with Gasteiger partial charge >= 0.3 is 12.1 Å². The van der Waals surface area contributed by atoms with Gasteiger partial charge in [-0.05, 0) is 33.1 Å². The lowest BCUT2D eigenvalue weighted by Crippen LogP contribution is -2.50. The number of ether oxygens (including phenoxy) is 1. The van der Waals surface area contributed by atoms with E-state index in [1.807, 2.05) is 19.1 Å². The Hall–Kier alpha value is -1.56. The molecule has 19 heavy (non-hydrogen) atoms. The van der Waals surface area contributed by atoms with Crippen LogP contribution in [-0.2, 0) is 14.4 Å². The molecule has 108 valence electrons. The molecule has 0 bridgehead atoms. The summed E-state index contributed by atoms with van der Waals surface area (Å²) in [6.45, 7) is 7.25. The molecular weight excluding hydrogens is 248 g/mol. The van der Waals surface area contributed by atoms with Gasteiger partial charge in [0.15, 0.2) is 0 Å². The van der Waals surface area contributed by atoms with Crippen LogP contribution in [0.1, 0.15) is 34.1 Å². The van der Waals surface area contributed by atoms with Crippen LogP contribution in [0.3, 0.4) is 0 Å². The van der Waals surface area contributed by atoms with Gasteiger partial charge in [-0.2, -0.15) is 5.90 Å². The van der Waals surface area contributed by atoms with Gasteiger partial charge in [-0.1, -0.05) is 19.1 Å². The first-order valence-electron chi connectivity index (χ1n) is 6.31. The molecule has 0 aromatic heterocycles. The maximum atomic E-state index is 11.8. The highest BCUT2D eigenvalue weighted by Gasteiger charge is 2.36. The molecule has 3 atom stereocenters. The second-order valence-corrected chi connectivity index (χ2v) is 5.74. The Morgan fingerprint density at radius 2 is 2.00 bits per heavy atom. The van der Waals surface area contributed by atoms with E-state index in [0.717, 1.165) is 0 Å². The lowest BCUT2D eigenvalue weighted by Gasteiger charge is -2.32. The molecule has 1 aliphatic carbocycles. The number of carbonyl (C=O) groups excluding carboxylic acids is 2. The molecule has 6 heteroatoms. The molecule has 1 aliphatic rings. The van der Waals surface area contributed by atoms with Crippen LogP contribution in [0.2, 0.25) is 0 Å². The number of carbonyl (C=O) groups is 2. The van der Waals surface area contributed by atoms with Crippen LogP contribution >= 0.6 is 0 Å². The van der Waals surface area contributed by atoms with Crippen LogP contribution in [0, 0.1) is 11.8 Å². The first-order valence-corrected chi connectivity index (χ1v) is 6.31. The third kappa shape index (κ3) is 4.55. The van der Waals surface area contributed by atoms with E-state index >= 15 is 0 Å². The van der Waals surface area contributed by atoms with E-state index < -0.39 is 23.6 Å². The molecule has 1 amide bonds. The topological polar surface area (TPSA) is 90.6 Å². The van der Waals surface area contributed by atoms with Crippen molar-refractivity contribution in [1.29, 1.82) is 0 Å². The number of nitrogens with one attached hydrogen (secondary N) is 1. The van der Waals surface area contributed by atoms with Crippen molar-refractivity contribution in [2.75, 3.05) is 0 Å². The largest absolute Gasteiger partial charge is 0.444 e. The van der Waals surface area contributed by atoms with Crippen molar-refractivity contribution in [3.63, 3.8) is 0 Å². The second kappa shape index (κ2) is 6.06. The summed E-state index contributed by atoms with van der Waals surface area (Å²) in [6.07, 6.45) is 3.78. The highest BCUT2D eigenvalue weighted by Crippen LogP contribution is 2.25. The summed E-state index contributed by atoms with van der Waals surface area (Å²) in [5, 5.41) is 2.72. The second-order valence-electron chi connectivity index (χ2n) is 5.74. The normalized spacial score (nSPS) is 26.7. The van der Waals surface area contributed by atoms with E-state index in [2.05, 4.69) is 10.2 Å². The number of allylic oxidation sites excluding steroid dienone is 1. The zero-order valence-corrected chi connectivity index (χ0v) is 11.8. The summed E-state index contributed by atoms with van der Waals surface area (Å²) < 4.78 is 5.19. The number of nitrogens with two attached hydrogens (primary N) is 1. The molecule has 6 nitrogen and oxygen atoms in total. The average Bonchev–Trinajstić information content (AvgIpc) is 2.28. The highest BCUT2D eigenvalue weighted by atomic mass is 16.7. The van der Waals surface area contributed by atoms with Crippen LogP contribution in [0.4, 0.5) is 4.79 Å². The van der Waals surface area contributed by atoms with Gasteiger partial charge in [0.1, 0.15) is 5.60 Å². The van der Waals surface area contributed by atoms with Gasteiger partial charge in [-0.3, -0.25) is 0 Å². The van der Waals surface area contributed by atoms with Gasteiger partial charge in [0.25, 0.3) is 0 Å². The molecule has 0 aromatic rings. The summed E-state index contributed by atoms with van der Waals surface area (Å²) in [7, 11) is 0. The standard InChI is InChI=1S/C13H22N2O4/c1-8-6-5-7-9(11(16)19-14)10(8)15-12(17)18-13(2,3)4/h5-6,8-10H,7,14H2,1-4H3,(H,15,17)/t8-,9?,10-/m0/s1. The van der Waals surface area contributed by atoms with E-state index in [1.54, 1.807) is 20.8 Å². The molecule has 0 aromatic carbocycles. The van der Waals surface area contributed by atoms with Gasteiger partial charge in [-0.15, -0.1) is 0 Å². The first-order chi connectivity index (χ1) is 8.74. The predicted octanol–water partition coefficient (Wildman–Crippen LogP) is 1.51. The van der Waals surface area contributed by atoms with E-state index in [4.69, 9.17) is 10.6 Å². The predicted molar refractivity (Wildman–Crippen MR) is 69.8 cm³/mol. The zero-order chi connectivity index (χ0) is 14.6. The van der Waals surface area contributed by atoms with Gasteiger partial charge in [-0.25, -0.2) is 9.59 Å². The fourth-order valence-electron chi connectivity index (χ4n) is 2.08. The summed E-state index contributed by atoms with van der Waals surface area (Å²) >= 11 is 0. The minimum Gasteiger partial charge on any atom is -0.444 e. The van der Waals surface area contributed by atoms with E-state index in [9.17, 15) is 9.59 Å². The lowest BCUT2D eigenvalue weighted by atomic mass is 9.82. The van der Waals surface area contributed by atoms with Crippen LogP contribution in [0.15, 0.2) is 12.2 Å². The fourth-order valence-corrected chi connectivity index (χ4v) is 2.08. The third-order valence-corrected chi connectivity index (χ3v) is 2.93. The van der Waals surface area contributed by atoms with E-state index in [1.165, 1.54) is 0 Å². The highest BCUT2D eigenvalue weighted by molar-refractivity contribution is 5.75. The number of alkyl carbamates (subject to hydrolysis) is 1. The molecule has 0 fully saturated rings. The molecule has 0 heterocycles. The zero-order valence-electron chi connectivity index (χ0n) is 11.8. The Morgan fingerprint density at radius 1 is 1.37 bits per heavy atom. The van der Waals surface area contributed by atoms with Crippen molar-refractivity contribution in [2.45, 2.75) is 45.8 Å². The Bertz CT molecular complexity index is 373. The maximum Gasteiger partial charge on any atom is 0.407 e. The minimum atomic E-state index is -0.582. The Kier molecular flexibility index (Phi) is 4.94. The van der Waals surface area contributed by atoms with Gasteiger partial charge in [0.2, 0.25) is 0 Å². The fraction of sp³-hybridized carbons (Fsp3) is 0.692. The molecule has 3 N–H and O–H groups in total. The van der Waals surface area contributed by atoms with Gasteiger partial charge in [0.05, 0.1) is 12.0 Å². The number of hydrogen-bond donors (Lipinski definition) is 2. The molecule has 0 saturated carbocycles.